The number of furan rings is 1. The maximum absolute atomic E-state index is 12.6. The Morgan fingerprint density at radius 1 is 1.30 bits per heavy atom. The number of hydrogen-bond acceptors (Lipinski definition) is 5. The molecule has 142 valence electrons. The molecule has 0 spiro atoms. The number of carboxylic acid groups (broad SMARTS) is 1. The van der Waals surface area contributed by atoms with Gasteiger partial charge in [0.1, 0.15) is 5.76 Å². The first-order chi connectivity index (χ1) is 13.0. The Hall–Kier alpha value is -2.54. The molecule has 1 aromatic heterocycles. The third-order valence-electron chi connectivity index (χ3n) is 4.43. The fraction of sp³-hybridized carbons (Fsp3) is 0.350. The summed E-state index contributed by atoms with van der Waals surface area (Å²) >= 11 is 1.53. The number of hydrogen-bond donors (Lipinski definition) is 2. The molecular weight excluding hydrogens is 366 g/mol. The molecular formula is C20H21NO5S. The minimum Gasteiger partial charge on any atom is -0.481 e. The zero-order chi connectivity index (χ0) is 19.4. The number of aliphatic carboxylic acids is 1. The molecule has 0 aliphatic heterocycles. The first-order valence-electron chi connectivity index (χ1n) is 8.81. The lowest BCUT2D eigenvalue weighted by molar-refractivity contribution is -0.136. The van der Waals surface area contributed by atoms with E-state index in [9.17, 15) is 14.4 Å². The summed E-state index contributed by atoms with van der Waals surface area (Å²) in [4.78, 5) is 35.3. The van der Waals surface area contributed by atoms with Gasteiger partial charge in [0.15, 0.2) is 11.5 Å². The Balaban J connectivity index is 1.67. The van der Waals surface area contributed by atoms with Crippen LogP contribution >= 0.6 is 11.8 Å². The summed E-state index contributed by atoms with van der Waals surface area (Å²) in [5, 5.41) is 11.5. The number of carboxylic acids is 1. The number of thioether (sulfide) groups is 1. The van der Waals surface area contributed by atoms with Gasteiger partial charge in [0, 0.05) is 35.6 Å². The van der Waals surface area contributed by atoms with E-state index in [4.69, 9.17) is 9.52 Å². The molecule has 0 atom stereocenters. The molecule has 0 bridgehead atoms. The van der Waals surface area contributed by atoms with Crippen LogP contribution in [-0.4, -0.2) is 28.5 Å². The summed E-state index contributed by atoms with van der Waals surface area (Å²) in [7, 11) is 0. The summed E-state index contributed by atoms with van der Waals surface area (Å²) < 4.78 is 5.68. The fourth-order valence-corrected chi connectivity index (χ4v) is 4.02. The van der Waals surface area contributed by atoms with Crippen molar-refractivity contribution >= 4 is 35.1 Å². The van der Waals surface area contributed by atoms with Crippen molar-refractivity contribution in [2.45, 2.75) is 38.4 Å². The van der Waals surface area contributed by atoms with Gasteiger partial charge in [0.05, 0.1) is 12.0 Å². The van der Waals surface area contributed by atoms with Gasteiger partial charge >= 0.3 is 5.97 Å². The van der Waals surface area contributed by atoms with Crippen LogP contribution < -0.4 is 5.32 Å². The van der Waals surface area contributed by atoms with E-state index in [1.807, 2.05) is 18.2 Å². The molecule has 3 rings (SSSR count). The normalized spacial score (nSPS) is 13.3. The summed E-state index contributed by atoms with van der Waals surface area (Å²) in [5.74, 6) is 0.867. The highest BCUT2D eigenvalue weighted by molar-refractivity contribution is 7.98. The second-order valence-corrected chi connectivity index (χ2v) is 7.59. The second kappa shape index (κ2) is 8.43. The Bertz CT molecular complexity index is 886. The van der Waals surface area contributed by atoms with Crippen molar-refractivity contribution in [3.8, 4) is 0 Å². The molecule has 0 radical (unpaired) electrons. The fourth-order valence-electron chi connectivity index (χ4n) is 3.14. The number of nitrogens with one attached hydrogen (secondary N) is 1. The molecule has 0 unspecified atom stereocenters. The van der Waals surface area contributed by atoms with E-state index in [1.54, 1.807) is 13.0 Å². The molecule has 1 aliphatic carbocycles. The average molecular weight is 387 g/mol. The summed E-state index contributed by atoms with van der Waals surface area (Å²) in [6, 6.07) is 7.41. The zero-order valence-electron chi connectivity index (χ0n) is 15.0. The van der Waals surface area contributed by atoms with Crippen LogP contribution in [0.2, 0.25) is 0 Å². The van der Waals surface area contributed by atoms with Crippen LogP contribution in [-0.2, 0) is 17.0 Å². The molecule has 6 nitrogen and oxygen atoms in total. The van der Waals surface area contributed by atoms with Crippen LogP contribution in [0.5, 0.6) is 0 Å². The number of fused-ring (bicyclic) bond motifs is 1. The lowest BCUT2D eigenvalue weighted by atomic mass is 9.94. The number of carbonyl (C=O) groups excluding carboxylic acids is 2. The lowest BCUT2D eigenvalue weighted by Gasteiger charge is -2.07. The summed E-state index contributed by atoms with van der Waals surface area (Å²) in [6.07, 6.45) is 2.05. The number of amides is 1. The molecule has 1 amide bonds. The number of rotatable bonds is 7. The van der Waals surface area contributed by atoms with E-state index in [-0.39, 0.29) is 23.9 Å². The highest BCUT2D eigenvalue weighted by Crippen LogP contribution is 2.30. The third-order valence-corrected chi connectivity index (χ3v) is 5.46. The third kappa shape index (κ3) is 4.60. The van der Waals surface area contributed by atoms with Gasteiger partial charge in [-0.3, -0.25) is 14.4 Å². The van der Waals surface area contributed by atoms with Crippen LogP contribution in [0.15, 0.2) is 28.7 Å². The standard InChI is InChI=1S/C20H21NO5S/c1-12-18-15(22)6-3-7-16(18)26-19(12)20(25)21-14-5-2-4-13(10-14)11-27-9-8-17(23)24/h2,4-5,10H,3,6-9,11H2,1H3,(H,21,25)(H,23,24). The Morgan fingerprint density at radius 2 is 2.11 bits per heavy atom. The number of Topliss-reactive ketones (excluding diaryl/α,β-unsaturated/α-hetero) is 1. The van der Waals surface area contributed by atoms with Crippen molar-refractivity contribution < 1.29 is 23.9 Å². The SMILES string of the molecule is Cc1c(C(=O)Nc2cccc(CSCCC(=O)O)c2)oc2c1C(=O)CCC2. The van der Waals surface area contributed by atoms with Crippen LogP contribution in [0.1, 0.15) is 57.1 Å². The van der Waals surface area contributed by atoms with Crippen molar-refractivity contribution in [2.75, 3.05) is 11.1 Å². The van der Waals surface area contributed by atoms with E-state index < -0.39 is 5.97 Å². The molecule has 0 saturated heterocycles. The highest BCUT2D eigenvalue weighted by Gasteiger charge is 2.28. The smallest absolute Gasteiger partial charge is 0.304 e. The van der Waals surface area contributed by atoms with Crippen molar-refractivity contribution in [2.24, 2.45) is 0 Å². The summed E-state index contributed by atoms with van der Waals surface area (Å²) in [5.41, 5.74) is 2.80. The number of carbonyl (C=O) groups is 3. The number of aryl methyl sites for hydroxylation is 1. The highest BCUT2D eigenvalue weighted by atomic mass is 32.2. The van der Waals surface area contributed by atoms with Crippen molar-refractivity contribution in [3.05, 3.63) is 52.5 Å². The summed E-state index contributed by atoms with van der Waals surface area (Å²) in [6.45, 7) is 1.75. The Kier molecular flexibility index (Phi) is 6.01. The van der Waals surface area contributed by atoms with Crippen LogP contribution in [0, 0.1) is 6.92 Å². The van der Waals surface area contributed by atoms with Gasteiger partial charge in [-0.15, -0.1) is 0 Å². The van der Waals surface area contributed by atoms with E-state index in [2.05, 4.69) is 5.32 Å². The largest absolute Gasteiger partial charge is 0.481 e. The van der Waals surface area contributed by atoms with E-state index in [1.165, 1.54) is 11.8 Å². The van der Waals surface area contributed by atoms with Gasteiger partial charge in [0.2, 0.25) is 0 Å². The van der Waals surface area contributed by atoms with Crippen LogP contribution in [0.3, 0.4) is 0 Å². The van der Waals surface area contributed by atoms with Gasteiger partial charge in [-0.05, 0) is 31.0 Å². The van der Waals surface area contributed by atoms with Crippen molar-refractivity contribution in [1.82, 2.24) is 0 Å². The molecule has 0 saturated carbocycles. The monoisotopic (exact) mass is 387 g/mol. The first kappa shape index (κ1) is 19.2. The molecule has 1 aliphatic rings. The van der Waals surface area contributed by atoms with Crippen molar-refractivity contribution in [1.29, 1.82) is 0 Å². The number of benzene rings is 1. The van der Waals surface area contributed by atoms with Gasteiger partial charge in [-0.1, -0.05) is 12.1 Å². The first-order valence-corrected chi connectivity index (χ1v) is 9.96. The Morgan fingerprint density at radius 3 is 2.85 bits per heavy atom. The second-order valence-electron chi connectivity index (χ2n) is 6.48. The van der Waals surface area contributed by atoms with Gasteiger partial charge in [-0.2, -0.15) is 11.8 Å². The van der Waals surface area contributed by atoms with E-state index in [0.29, 0.717) is 46.9 Å². The van der Waals surface area contributed by atoms with Crippen LogP contribution in [0.4, 0.5) is 5.69 Å². The quantitative estimate of drug-likeness (QED) is 0.695. The average Bonchev–Trinajstić information content (AvgIpc) is 2.97. The molecule has 2 N–H and O–H groups in total. The minimum atomic E-state index is -0.807. The zero-order valence-corrected chi connectivity index (χ0v) is 15.9. The molecule has 7 heteroatoms. The topological polar surface area (TPSA) is 96.6 Å². The number of anilines is 1. The molecule has 2 aromatic rings. The van der Waals surface area contributed by atoms with E-state index >= 15 is 0 Å². The van der Waals surface area contributed by atoms with Crippen LogP contribution in [0.25, 0.3) is 0 Å². The maximum atomic E-state index is 12.6. The maximum Gasteiger partial charge on any atom is 0.304 e. The van der Waals surface area contributed by atoms with Crippen molar-refractivity contribution in [3.63, 3.8) is 0 Å². The predicted octanol–water partition coefficient (Wildman–Crippen LogP) is 4.07. The molecule has 0 fully saturated rings. The molecule has 27 heavy (non-hydrogen) atoms. The van der Waals surface area contributed by atoms with Gasteiger partial charge in [-0.25, -0.2) is 0 Å². The van der Waals surface area contributed by atoms with E-state index in [0.717, 1.165) is 12.0 Å². The molecule has 1 aromatic carbocycles. The van der Waals surface area contributed by atoms with Gasteiger partial charge < -0.3 is 14.8 Å². The predicted molar refractivity (Wildman–Crippen MR) is 104 cm³/mol. The Labute approximate surface area is 161 Å². The van der Waals surface area contributed by atoms with Gasteiger partial charge in [0.25, 0.3) is 5.91 Å². The number of ketones is 1. The molecule has 1 heterocycles. The lowest BCUT2D eigenvalue weighted by Crippen LogP contribution is -2.13. The minimum absolute atomic E-state index is 0.0388.